The Morgan fingerprint density at radius 2 is 2.00 bits per heavy atom. The average Bonchev–Trinajstić information content (AvgIpc) is 2.36. The maximum Gasteiger partial charge on any atom is 0.164 e. The predicted molar refractivity (Wildman–Crippen MR) is 53.1 cm³/mol. The Balaban J connectivity index is 2.75. The molecule has 11 heavy (non-hydrogen) atoms. The Bertz CT molecular complexity index is 225. The van der Waals surface area contributed by atoms with Gasteiger partial charge in [0.05, 0.1) is 5.25 Å². The van der Waals surface area contributed by atoms with E-state index in [1.54, 1.807) is 0 Å². The summed E-state index contributed by atoms with van der Waals surface area (Å²) in [5.74, 6) is 0. The highest BCUT2D eigenvalue weighted by Gasteiger charge is 2.34. The zero-order valence-corrected chi connectivity index (χ0v) is 9.95. The molecule has 2 nitrogen and oxygen atoms in total. The Kier molecular flexibility index (Phi) is 3.40. The van der Waals surface area contributed by atoms with Gasteiger partial charge in [-0.2, -0.15) is 0 Å². The van der Waals surface area contributed by atoms with Gasteiger partial charge in [0.2, 0.25) is 0 Å². The second-order valence-electron chi connectivity index (χ2n) is 2.76. The van der Waals surface area contributed by atoms with E-state index in [0.29, 0.717) is 0 Å². The van der Waals surface area contributed by atoms with Crippen molar-refractivity contribution in [3.05, 3.63) is 0 Å². The van der Waals surface area contributed by atoms with E-state index in [4.69, 9.17) is 0 Å². The monoisotopic (exact) mass is 304 g/mol. The first-order chi connectivity index (χ1) is 5.08. The quantitative estimate of drug-likeness (QED) is 0.732. The molecule has 0 aromatic heterocycles. The lowest BCUT2D eigenvalue weighted by Crippen LogP contribution is -2.25. The van der Waals surface area contributed by atoms with Crippen molar-refractivity contribution in [3.8, 4) is 0 Å². The van der Waals surface area contributed by atoms with Gasteiger partial charge in [0, 0.05) is 4.83 Å². The van der Waals surface area contributed by atoms with Gasteiger partial charge in [-0.3, -0.25) is 0 Å². The van der Waals surface area contributed by atoms with E-state index in [0.717, 1.165) is 19.3 Å². The molecule has 0 spiro atoms. The van der Waals surface area contributed by atoms with Gasteiger partial charge in [0.15, 0.2) is 9.84 Å². The van der Waals surface area contributed by atoms with E-state index >= 15 is 0 Å². The maximum absolute atomic E-state index is 11.3. The standard InChI is InChI=1S/C6H10Br2O2S/c7-4-11(9,10)6-3-1-2-5(6)8/h5-6H,1-4H2/t5-,6-/m1/s1. The van der Waals surface area contributed by atoms with E-state index < -0.39 is 9.84 Å². The van der Waals surface area contributed by atoms with E-state index in [2.05, 4.69) is 31.9 Å². The van der Waals surface area contributed by atoms with Crippen LogP contribution in [0.4, 0.5) is 0 Å². The molecule has 0 aromatic carbocycles. The lowest BCUT2D eigenvalue weighted by Gasteiger charge is -2.11. The van der Waals surface area contributed by atoms with Gasteiger partial charge in [0.1, 0.15) is 4.66 Å². The topological polar surface area (TPSA) is 34.1 Å². The van der Waals surface area contributed by atoms with Crippen molar-refractivity contribution < 1.29 is 8.42 Å². The van der Waals surface area contributed by atoms with Crippen LogP contribution >= 0.6 is 31.9 Å². The first-order valence-corrected chi connectivity index (χ1v) is 7.25. The fraction of sp³-hybridized carbons (Fsp3) is 1.00. The third-order valence-corrected chi connectivity index (χ3v) is 7.14. The van der Waals surface area contributed by atoms with Crippen LogP contribution in [0.15, 0.2) is 0 Å². The molecule has 0 amide bonds. The first kappa shape index (κ1) is 9.99. The lowest BCUT2D eigenvalue weighted by molar-refractivity contribution is 0.586. The molecule has 2 atom stereocenters. The van der Waals surface area contributed by atoms with Crippen molar-refractivity contribution in [2.75, 3.05) is 4.66 Å². The van der Waals surface area contributed by atoms with E-state index in [9.17, 15) is 8.42 Å². The minimum atomic E-state index is -2.88. The molecule has 0 N–H and O–H groups in total. The molecule has 1 rings (SSSR count). The molecule has 0 heterocycles. The zero-order chi connectivity index (χ0) is 8.48. The minimum absolute atomic E-state index is 0.0900. The molecule has 0 bridgehead atoms. The van der Waals surface area contributed by atoms with Crippen LogP contribution in [0.5, 0.6) is 0 Å². The van der Waals surface area contributed by atoms with Crippen LogP contribution in [0, 0.1) is 0 Å². The predicted octanol–water partition coefficient (Wildman–Crippen LogP) is 2.07. The van der Waals surface area contributed by atoms with Crippen molar-refractivity contribution in [1.29, 1.82) is 0 Å². The molecular weight excluding hydrogens is 296 g/mol. The van der Waals surface area contributed by atoms with Crippen LogP contribution in [0.1, 0.15) is 19.3 Å². The van der Waals surface area contributed by atoms with Gasteiger partial charge < -0.3 is 0 Å². The highest BCUT2D eigenvalue weighted by Crippen LogP contribution is 2.31. The third-order valence-electron chi connectivity index (χ3n) is 1.99. The Hall–Kier alpha value is 0.910. The fourth-order valence-electron chi connectivity index (χ4n) is 1.37. The Morgan fingerprint density at radius 3 is 2.36 bits per heavy atom. The molecule has 0 aromatic rings. The first-order valence-electron chi connectivity index (χ1n) is 3.49. The normalized spacial score (nSPS) is 32.5. The molecule has 1 saturated carbocycles. The van der Waals surface area contributed by atoms with Crippen molar-refractivity contribution >= 4 is 41.7 Å². The number of hydrogen-bond acceptors (Lipinski definition) is 2. The number of sulfone groups is 1. The summed E-state index contributed by atoms with van der Waals surface area (Å²) in [7, 11) is -2.88. The summed E-state index contributed by atoms with van der Waals surface area (Å²) in [4.78, 5) is 0.171. The van der Waals surface area contributed by atoms with Crippen LogP contribution in [-0.4, -0.2) is 23.2 Å². The van der Waals surface area contributed by atoms with Crippen molar-refractivity contribution in [2.24, 2.45) is 0 Å². The molecular formula is C6H10Br2O2S. The summed E-state index contributed by atoms with van der Waals surface area (Å²) >= 11 is 6.38. The molecule has 1 aliphatic carbocycles. The lowest BCUT2D eigenvalue weighted by atomic mass is 10.4. The van der Waals surface area contributed by atoms with Crippen LogP contribution < -0.4 is 0 Å². The van der Waals surface area contributed by atoms with E-state index in [1.807, 2.05) is 0 Å². The minimum Gasteiger partial charge on any atom is -0.228 e. The third kappa shape index (κ3) is 2.18. The molecule has 1 fully saturated rings. The molecule has 0 aliphatic heterocycles. The molecule has 0 radical (unpaired) electrons. The number of halogens is 2. The summed E-state index contributed by atoms with van der Waals surface area (Å²) in [5, 5.41) is -0.165. The summed E-state index contributed by atoms with van der Waals surface area (Å²) in [5.41, 5.74) is 0. The summed E-state index contributed by atoms with van der Waals surface area (Å²) in [6.45, 7) is 0. The van der Waals surface area contributed by atoms with Gasteiger partial charge in [-0.05, 0) is 12.8 Å². The SMILES string of the molecule is O=S(=O)(CBr)[C@@H]1CCC[C@H]1Br. The second kappa shape index (κ2) is 3.75. The highest BCUT2D eigenvalue weighted by molar-refractivity contribution is 9.11. The Labute approximate surface area is 83.9 Å². The average molecular weight is 306 g/mol. The number of hydrogen-bond donors (Lipinski definition) is 0. The molecule has 66 valence electrons. The molecule has 0 saturated heterocycles. The van der Waals surface area contributed by atoms with Crippen LogP contribution in [0.3, 0.4) is 0 Å². The second-order valence-corrected chi connectivity index (χ2v) is 7.46. The van der Waals surface area contributed by atoms with Gasteiger partial charge in [-0.1, -0.05) is 38.3 Å². The van der Waals surface area contributed by atoms with Gasteiger partial charge >= 0.3 is 0 Å². The van der Waals surface area contributed by atoms with Gasteiger partial charge in [-0.25, -0.2) is 8.42 Å². The van der Waals surface area contributed by atoms with Crippen LogP contribution in [0.2, 0.25) is 0 Å². The van der Waals surface area contributed by atoms with E-state index in [1.165, 1.54) is 0 Å². The molecule has 5 heteroatoms. The smallest absolute Gasteiger partial charge is 0.164 e. The molecule has 1 aliphatic rings. The summed E-state index contributed by atoms with van der Waals surface area (Å²) in [6, 6.07) is 0. The van der Waals surface area contributed by atoms with Crippen molar-refractivity contribution in [1.82, 2.24) is 0 Å². The van der Waals surface area contributed by atoms with Crippen molar-refractivity contribution in [2.45, 2.75) is 29.3 Å². The van der Waals surface area contributed by atoms with Crippen molar-refractivity contribution in [3.63, 3.8) is 0 Å². The number of alkyl halides is 2. The molecule has 0 unspecified atom stereocenters. The largest absolute Gasteiger partial charge is 0.228 e. The van der Waals surface area contributed by atoms with Gasteiger partial charge in [-0.15, -0.1) is 0 Å². The van der Waals surface area contributed by atoms with Crippen LogP contribution in [-0.2, 0) is 9.84 Å². The number of rotatable bonds is 2. The highest BCUT2D eigenvalue weighted by atomic mass is 79.9. The summed E-state index contributed by atoms with van der Waals surface area (Å²) < 4.78 is 22.8. The summed E-state index contributed by atoms with van der Waals surface area (Å²) in [6.07, 6.45) is 2.81. The Morgan fingerprint density at radius 1 is 1.36 bits per heavy atom. The maximum atomic E-state index is 11.3. The fourth-order valence-corrected chi connectivity index (χ4v) is 5.23. The van der Waals surface area contributed by atoms with Gasteiger partial charge in [0.25, 0.3) is 0 Å². The zero-order valence-electron chi connectivity index (χ0n) is 5.96. The van der Waals surface area contributed by atoms with Crippen LogP contribution in [0.25, 0.3) is 0 Å². The van der Waals surface area contributed by atoms with E-state index in [-0.39, 0.29) is 14.7 Å².